The molecule has 1 aliphatic heterocycles. The maximum atomic E-state index is 13.0. The molecule has 4 rings (SSSR count). The van der Waals surface area contributed by atoms with Gasteiger partial charge in [0, 0.05) is 26.0 Å². The van der Waals surface area contributed by atoms with Crippen molar-refractivity contribution in [3.05, 3.63) is 66.3 Å². The van der Waals surface area contributed by atoms with Gasteiger partial charge in [0.15, 0.2) is 0 Å². The zero-order valence-corrected chi connectivity index (χ0v) is 19.8. The van der Waals surface area contributed by atoms with E-state index in [1.54, 1.807) is 41.2 Å². The average Bonchev–Trinajstić information content (AvgIpc) is 3.18. The first-order chi connectivity index (χ1) is 16.2. The number of aromatic nitrogens is 4. The van der Waals surface area contributed by atoms with E-state index < -0.39 is 5.60 Å². The molecule has 176 valence electrons. The minimum Gasteiger partial charge on any atom is -0.444 e. The number of carbonyl (C=O) groups excluding carboxylic acids is 2. The summed E-state index contributed by atoms with van der Waals surface area (Å²) in [6.07, 6.45) is 5.79. The summed E-state index contributed by atoms with van der Waals surface area (Å²) in [6.45, 7) is 6.49. The quantitative estimate of drug-likeness (QED) is 0.627. The monoisotopic (exact) mass is 460 g/mol. The Bertz CT molecular complexity index is 1230. The third kappa shape index (κ3) is 5.48. The van der Waals surface area contributed by atoms with Crippen molar-refractivity contribution in [3.63, 3.8) is 0 Å². The van der Waals surface area contributed by atoms with Crippen LogP contribution in [0.2, 0.25) is 0 Å². The minimum atomic E-state index is -0.560. The fourth-order valence-corrected chi connectivity index (χ4v) is 3.61. The number of hydrogen-bond acceptors (Lipinski definition) is 6. The lowest BCUT2D eigenvalue weighted by Crippen LogP contribution is -2.39. The number of pyridine rings is 2. The van der Waals surface area contributed by atoms with E-state index in [0.29, 0.717) is 42.3 Å². The van der Waals surface area contributed by atoms with Gasteiger partial charge < -0.3 is 15.0 Å². The fourth-order valence-electron chi connectivity index (χ4n) is 3.61. The number of ether oxygens (including phenoxy) is 1. The summed E-state index contributed by atoms with van der Waals surface area (Å²) < 4.78 is 7.13. The average molecular weight is 461 g/mol. The van der Waals surface area contributed by atoms with E-state index in [9.17, 15) is 9.59 Å². The van der Waals surface area contributed by atoms with Crippen molar-refractivity contribution < 1.29 is 14.3 Å². The second-order valence-electron chi connectivity index (χ2n) is 9.06. The normalized spacial score (nSPS) is 13.9. The molecule has 0 saturated heterocycles. The molecule has 0 aromatic carbocycles. The summed E-state index contributed by atoms with van der Waals surface area (Å²) in [4.78, 5) is 36.1. The van der Waals surface area contributed by atoms with Crippen molar-refractivity contribution in [2.75, 3.05) is 18.4 Å². The van der Waals surface area contributed by atoms with E-state index in [1.807, 2.05) is 51.1 Å². The molecule has 0 unspecified atom stereocenters. The highest BCUT2D eigenvalue weighted by atomic mass is 16.6. The van der Waals surface area contributed by atoms with E-state index in [0.717, 1.165) is 5.57 Å². The van der Waals surface area contributed by atoms with Crippen LogP contribution in [0, 0.1) is 0 Å². The van der Waals surface area contributed by atoms with Crippen LogP contribution in [0.1, 0.15) is 43.4 Å². The lowest BCUT2D eigenvalue weighted by atomic mass is 10.1. The Balaban J connectivity index is 1.51. The van der Waals surface area contributed by atoms with Crippen LogP contribution in [0.3, 0.4) is 0 Å². The van der Waals surface area contributed by atoms with Crippen molar-refractivity contribution in [1.29, 1.82) is 0 Å². The molecule has 0 saturated carbocycles. The first-order valence-corrected chi connectivity index (χ1v) is 11.1. The molecular formula is C25H28N6O3. The zero-order chi connectivity index (χ0) is 24.3. The fraction of sp³-hybridized carbons (Fsp3) is 0.320. The second kappa shape index (κ2) is 9.46. The van der Waals surface area contributed by atoms with E-state index in [2.05, 4.69) is 20.4 Å². The van der Waals surface area contributed by atoms with Crippen LogP contribution in [0.5, 0.6) is 0 Å². The molecule has 9 heteroatoms. The molecule has 0 atom stereocenters. The topological polar surface area (TPSA) is 102 Å². The Morgan fingerprint density at radius 2 is 1.88 bits per heavy atom. The first kappa shape index (κ1) is 23.2. The Labute approximate surface area is 198 Å². The number of anilines is 1. The third-order valence-electron chi connectivity index (χ3n) is 5.10. The Kier molecular flexibility index (Phi) is 6.45. The standard InChI is InChI=1S/C25H28N6O3/c1-25(2,3)34-24(33)31-14-8-9-17(15-31)18-11-7-12-20(27-18)23(32)28-21-16-30(4)29-22(21)19-10-5-6-13-26-19/h5-7,9-13,16H,8,14-15H2,1-4H3,(H,28,32). The van der Waals surface area contributed by atoms with Gasteiger partial charge in [-0.15, -0.1) is 0 Å². The van der Waals surface area contributed by atoms with Crippen LogP contribution >= 0.6 is 0 Å². The van der Waals surface area contributed by atoms with Gasteiger partial charge in [-0.05, 0) is 57.0 Å². The van der Waals surface area contributed by atoms with Crippen LogP contribution in [-0.2, 0) is 11.8 Å². The number of nitrogens with zero attached hydrogens (tertiary/aromatic N) is 5. The van der Waals surface area contributed by atoms with Gasteiger partial charge in [0.1, 0.15) is 17.0 Å². The van der Waals surface area contributed by atoms with Gasteiger partial charge in [-0.1, -0.05) is 18.2 Å². The number of carbonyl (C=O) groups is 2. The molecule has 4 heterocycles. The van der Waals surface area contributed by atoms with E-state index in [-0.39, 0.29) is 17.7 Å². The van der Waals surface area contributed by atoms with Crippen LogP contribution < -0.4 is 5.32 Å². The molecule has 3 aromatic rings. The largest absolute Gasteiger partial charge is 0.444 e. The summed E-state index contributed by atoms with van der Waals surface area (Å²) in [7, 11) is 1.78. The zero-order valence-electron chi connectivity index (χ0n) is 19.8. The highest BCUT2D eigenvalue weighted by Crippen LogP contribution is 2.25. The van der Waals surface area contributed by atoms with Crippen LogP contribution in [0.25, 0.3) is 17.0 Å². The molecule has 0 spiro atoms. The van der Waals surface area contributed by atoms with E-state index >= 15 is 0 Å². The third-order valence-corrected chi connectivity index (χ3v) is 5.10. The molecule has 0 radical (unpaired) electrons. The van der Waals surface area contributed by atoms with Crippen molar-refractivity contribution >= 4 is 23.3 Å². The summed E-state index contributed by atoms with van der Waals surface area (Å²) in [5.41, 5.74) is 3.02. The molecular weight excluding hydrogens is 432 g/mol. The summed E-state index contributed by atoms with van der Waals surface area (Å²) in [6, 6.07) is 10.8. The second-order valence-corrected chi connectivity index (χ2v) is 9.06. The lowest BCUT2D eigenvalue weighted by molar-refractivity contribution is 0.0273. The van der Waals surface area contributed by atoms with Crippen molar-refractivity contribution in [2.45, 2.75) is 32.8 Å². The smallest absolute Gasteiger partial charge is 0.410 e. The van der Waals surface area contributed by atoms with Gasteiger partial charge >= 0.3 is 6.09 Å². The van der Waals surface area contributed by atoms with Crippen molar-refractivity contribution in [1.82, 2.24) is 24.6 Å². The Morgan fingerprint density at radius 1 is 1.09 bits per heavy atom. The SMILES string of the molecule is Cn1cc(NC(=O)c2cccc(C3=CCCN(C(=O)OC(C)(C)C)C3)n2)c(-c2ccccn2)n1. The first-order valence-electron chi connectivity index (χ1n) is 11.1. The van der Waals surface area contributed by atoms with Gasteiger partial charge in [0.05, 0.1) is 23.6 Å². The van der Waals surface area contributed by atoms with Crippen molar-refractivity contribution in [2.24, 2.45) is 7.05 Å². The van der Waals surface area contributed by atoms with Gasteiger partial charge in [0.25, 0.3) is 5.91 Å². The number of aryl methyl sites for hydroxylation is 1. The lowest BCUT2D eigenvalue weighted by Gasteiger charge is -2.30. The van der Waals surface area contributed by atoms with E-state index in [4.69, 9.17) is 4.74 Å². The maximum absolute atomic E-state index is 13.0. The molecule has 3 aromatic heterocycles. The minimum absolute atomic E-state index is 0.267. The molecule has 2 amide bonds. The number of hydrogen-bond donors (Lipinski definition) is 1. The van der Waals surface area contributed by atoms with Crippen LogP contribution in [0.15, 0.2) is 54.9 Å². The Hall–Kier alpha value is -4.01. The molecule has 1 N–H and O–H groups in total. The summed E-state index contributed by atoms with van der Waals surface area (Å²) in [5.74, 6) is -0.354. The molecule has 1 aliphatic rings. The number of nitrogens with one attached hydrogen (secondary N) is 1. The van der Waals surface area contributed by atoms with Gasteiger partial charge in [-0.25, -0.2) is 9.78 Å². The summed E-state index contributed by atoms with van der Waals surface area (Å²) in [5, 5.41) is 7.33. The van der Waals surface area contributed by atoms with E-state index in [1.165, 1.54) is 0 Å². The van der Waals surface area contributed by atoms with Gasteiger partial charge in [-0.3, -0.25) is 14.5 Å². The summed E-state index contributed by atoms with van der Waals surface area (Å²) >= 11 is 0. The number of amides is 2. The molecule has 0 aliphatic carbocycles. The Morgan fingerprint density at radius 3 is 2.62 bits per heavy atom. The highest BCUT2D eigenvalue weighted by Gasteiger charge is 2.25. The van der Waals surface area contributed by atoms with Gasteiger partial charge in [-0.2, -0.15) is 5.10 Å². The molecule has 0 fully saturated rings. The predicted octanol–water partition coefficient (Wildman–Crippen LogP) is 4.15. The predicted molar refractivity (Wildman–Crippen MR) is 129 cm³/mol. The van der Waals surface area contributed by atoms with Crippen LogP contribution in [0.4, 0.5) is 10.5 Å². The number of rotatable bonds is 4. The molecule has 9 nitrogen and oxygen atoms in total. The highest BCUT2D eigenvalue weighted by molar-refractivity contribution is 6.04. The van der Waals surface area contributed by atoms with Crippen molar-refractivity contribution in [3.8, 4) is 11.4 Å². The molecule has 34 heavy (non-hydrogen) atoms. The van der Waals surface area contributed by atoms with Crippen LogP contribution in [-0.4, -0.2) is 55.3 Å². The molecule has 0 bridgehead atoms. The van der Waals surface area contributed by atoms with Gasteiger partial charge in [0.2, 0.25) is 0 Å². The maximum Gasteiger partial charge on any atom is 0.410 e.